The lowest BCUT2D eigenvalue weighted by atomic mass is 10.0. The first-order chi connectivity index (χ1) is 12.1. The SMILES string of the molecule is Cc1cc(C)nc(NC(Cc2ccccc2)C(=O)NC2CCCC2)n1. The quantitative estimate of drug-likeness (QED) is 0.849. The lowest BCUT2D eigenvalue weighted by molar-refractivity contribution is -0.122. The van der Waals surface area contributed by atoms with Crippen molar-refractivity contribution in [1.29, 1.82) is 0 Å². The summed E-state index contributed by atoms with van der Waals surface area (Å²) in [6, 6.07) is 11.9. The first kappa shape index (κ1) is 17.4. The number of carbonyl (C=O) groups is 1. The number of nitrogens with one attached hydrogen (secondary N) is 2. The van der Waals surface area contributed by atoms with Gasteiger partial charge in [0, 0.05) is 23.9 Å². The maximum atomic E-state index is 12.8. The van der Waals surface area contributed by atoms with Gasteiger partial charge in [0.1, 0.15) is 6.04 Å². The van der Waals surface area contributed by atoms with Gasteiger partial charge in [0.05, 0.1) is 0 Å². The molecule has 1 atom stereocenters. The van der Waals surface area contributed by atoms with Gasteiger partial charge in [0.2, 0.25) is 11.9 Å². The summed E-state index contributed by atoms with van der Waals surface area (Å²) < 4.78 is 0. The summed E-state index contributed by atoms with van der Waals surface area (Å²) in [4.78, 5) is 21.7. The molecule has 0 radical (unpaired) electrons. The highest BCUT2D eigenvalue weighted by Crippen LogP contribution is 2.18. The number of benzene rings is 1. The molecule has 1 unspecified atom stereocenters. The maximum absolute atomic E-state index is 12.8. The Hall–Kier alpha value is -2.43. The minimum atomic E-state index is -0.385. The molecule has 5 heteroatoms. The minimum Gasteiger partial charge on any atom is -0.352 e. The van der Waals surface area contributed by atoms with E-state index in [1.807, 2.05) is 50.2 Å². The van der Waals surface area contributed by atoms with E-state index >= 15 is 0 Å². The molecule has 0 bridgehead atoms. The molecule has 132 valence electrons. The summed E-state index contributed by atoms with van der Waals surface area (Å²) in [5.74, 6) is 0.540. The van der Waals surface area contributed by atoms with Gasteiger partial charge < -0.3 is 10.6 Å². The van der Waals surface area contributed by atoms with Crippen molar-refractivity contribution in [2.45, 2.75) is 58.0 Å². The third-order valence-corrected chi connectivity index (χ3v) is 4.59. The van der Waals surface area contributed by atoms with E-state index < -0.39 is 0 Å². The van der Waals surface area contributed by atoms with Crippen LogP contribution in [0.2, 0.25) is 0 Å². The molecule has 1 aliphatic carbocycles. The predicted molar refractivity (Wildman–Crippen MR) is 99.5 cm³/mol. The number of nitrogens with zero attached hydrogens (tertiary/aromatic N) is 2. The van der Waals surface area contributed by atoms with Gasteiger partial charge in [-0.05, 0) is 38.3 Å². The van der Waals surface area contributed by atoms with Gasteiger partial charge in [0.15, 0.2) is 0 Å². The highest BCUT2D eigenvalue weighted by Gasteiger charge is 2.24. The van der Waals surface area contributed by atoms with Crippen molar-refractivity contribution >= 4 is 11.9 Å². The molecule has 1 aliphatic rings. The largest absolute Gasteiger partial charge is 0.352 e. The van der Waals surface area contributed by atoms with Gasteiger partial charge in [-0.2, -0.15) is 0 Å². The fraction of sp³-hybridized carbons (Fsp3) is 0.450. The number of aromatic nitrogens is 2. The molecule has 0 aliphatic heterocycles. The summed E-state index contributed by atoms with van der Waals surface area (Å²) >= 11 is 0. The molecule has 1 amide bonds. The van der Waals surface area contributed by atoms with Crippen LogP contribution >= 0.6 is 0 Å². The van der Waals surface area contributed by atoms with Crippen LogP contribution in [0.4, 0.5) is 5.95 Å². The summed E-state index contributed by atoms with van der Waals surface area (Å²) in [5, 5.41) is 6.44. The van der Waals surface area contributed by atoms with Crippen LogP contribution in [0.5, 0.6) is 0 Å². The van der Waals surface area contributed by atoms with Crippen molar-refractivity contribution in [2.24, 2.45) is 0 Å². The molecule has 25 heavy (non-hydrogen) atoms. The molecule has 2 aromatic rings. The van der Waals surface area contributed by atoms with Crippen LogP contribution in [-0.4, -0.2) is 28.0 Å². The first-order valence-electron chi connectivity index (χ1n) is 9.03. The number of hydrogen-bond acceptors (Lipinski definition) is 4. The van der Waals surface area contributed by atoms with E-state index in [4.69, 9.17) is 0 Å². The average Bonchev–Trinajstić information content (AvgIpc) is 3.07. The zero-order chi connectivity index (χ0) is 17.6. The Bertz CT molecular complexity index is 691. The normalized spacial score (nSPS) is 15.8. The third-order valence-electron chi connectivity index (χ3n) is 4.59. The Morgan fingerprint density at radius 1 is 1.12 bits per heavy atom. The lowest BCUT2D eigenvalue weighted by Crippen LogP contribution is -2.45. The van der Waals surface area contributed by atoms with Crippen molar-refractivity contribution in [1.82, 2.24) is 15.3 Å². The third kappa shape index (κ3) is 5.02. The highest BCUT2D eigenvalue weighted by molar-refractivity contribution is 5.84. The van der Waals surface area contributed by atoms with Crippen molar-refractivity contribution in [3.05, 3.63) is 53.3 Å². The Kier molecular flexibility index (Phi) is 5.64. The molecule has 3 rings (SSSR count). The molecule has 1 heterocycles. The number of hydrogen-bond donors (Lipinski definition) is 2. The molecule has 2 N–H and O–H groups in total. The maximum Gasteiger partial charge on any atom is 0.243 e. The number of anilines is 1. The van der Waals surface area contributed by atoms with Gasteiger partial charge in [-0.1, -0.05) is 43.2 Å². The Morgan fingerprint density at radius 3 is 2.40 bits per heavy atom. The van der Waals surface area contributed by atoms with Gasteiger partial charge >= 0.3 is 0 Å². The van der Waals surface area contributed by atoms with E-state index in [0.717, 1.165) is 29.8 Å². The molecule has 1 fully saturated rings. The molecular formula is C20H26N4O. The fourth-order valence-electron chi connectivity index (χ4n) is 3.38. The van der Waals surface area contributed by atoms with Gasteiger partial charge in [0.25, 0.3) is 0 Å². The molecule has 1 saturated carbocycles. The molecular weight excluding hydrogens is 312 g/mol. The summed E-state index contributed by atoms with van der Waals surface area (Å²) in [7, 11) is 0. The fourth-order valence-corrected chi connectivity index (χ4v) is 3.38. The number of aryl methyl sites for hydroxylation is 2. The van der Waals surface area contributed by atoms with Crippen LogP contribution in [0, 0.1) is 13.8 Å². The van der Waals surface area contributed by atoms with E-state index in [1.165, 1.54) is 12.8 Å². The predicted octanol–water partition coefficient (Wildman–Crippen LogP) is 3.18. The van der Waals surface area contributed by atoms with Crippen molar-refractivity contribution < 1.29 is 4.79 Å². The van der Waals surface area contributed by atoms with Crippen molar-refractivity contribution in [3.63, 3.8) is 0 Å². The Balaban J connectivity index is 1.76. The van der Waals surface area contributed by atoms with Crippen molar-refractivity contribution in [3.8, 4) is 0 Å². The smallest absolute Gasteiger partial charge is 0.243 e. The molecule has 1 aromatic carbocycles. The highest BCUT2D eigenvalue weighted by atomic mass is 16.2. The number of carbonyl (C=O) groups excluding carboxylic acids is 1. The van der Waals surface area contributed by atoms with Gasteiger partial charge in [-0.25, -0.2) is 9.97 Å². The number of rotatable bonds is 6. The molecule has 0 spiro atoms. The van der Waals surface area contributed by atoms with Gasteiger partial charge in [-0.15, -0.1) is 0 Å². The second kappa shape index (κ2) is 8.10. The van der Waals surface area contributed by atoms with Crippen LogP contribution in [0.1, 0.15) is 42.6 Å². The summed E-state index contributed by atoms with van der Waals surface area (Å²) in [5.41, 5.74) is 2.90. The molecule has 1 aromatic heterocycles. The summed E-state index contributed by atoms with van der Waals surface area (Å²) in [6.45, 7) is 3.87. The summed E-state index contributed by atoms with van der Waals surface area (Å²) in [6.07, 6.45) is 5.15. The lowest BCUT2D eigenvalue weighted by Gasteiger charge is -2.21. The average molecular weight is 338 g/mol. The van der Waals surface area contributed by atoms with Crippen LogP contribution in [0.3, 0.4) is 0 Å². The van der Waals surface area contributed by atoms with Crippen molar-refractivity contribution in [2.75, 3.05) is 5.32 Å². The van der Waals surface area contributed by atoms with E-state index in [-0.39, 0.29) is 11.9 Å². The Labute approximate surface area is 149 Å². The van der Waals surface area contributed by atoms with Crippen LogP contribution < -0.4 is 10.6 Å². The van der Waals surface area contributed by atoms with Crippen LogP contribution in [0.25, 0.3) is 0 Å². The van der Waals surface area contributed by atoms with E-state index in [2.05, 4.69) is 20.6 Å². The van der Waals surface area contributed by atoms with E-state index in [9.17, 15) is 4.79 Å². The van der Waals surface area contributed by atoms with Gasteiger partial charge in [-0.3, -0.25) is 4.79 Å². The van der Waals surface area contributed by atoms with Crippen LogP contribution in [0.15, 0.2) is 36.4 Å². The van der Waals surface area contributed by atoms with Crippen LogP contribution in [-0.2, 0) is 11.2 Å². The zero-order valence-corrected chi connectivity index (χ0v) is 15.0. The first-order valence-corrected chi connectivity index (χ1v) is 9.03. The second-order valence-corrected chi connectivity index (χ2v) is 6.85. The Morgan fingerprint density at radius 2 is 1.76 bits per heavy atom. The topological polar surface area (TPSA) is 66.9 Å². The monoisotopic (exact) mass is 338 g/mol. The number of amides is 1. The minimum absolute atomic E-state index is 0.0264. The van der Waals surface area contributed by atoms with E-state index in [0.29, 0.717) is 18.4 Å². The molecule has 5 nitrogen and oxygen atoms in total. The standard InChI is InChI=1S/C20H26N4O/c1-14-12-15(2)22-20(21-14)24-18(13-16-8-4-3-5-9-16)19(25)23-17-10-6-7-11-17/h3-5,8-9,12,17-18H,6-7,10-11,13H2,1-2H3,(H,23,25)(H,21,22,24). The molecule has 0 saturated heterocycles. The zero-order valence-electron chi connectivity index (χ0n) is 15.0. The van der Waals surface area contributed by atoms with E-state index in [1.54, 1.807) is 0 Å². The second-order valence-electron chi connectivity index (χ2n) is 6.85.